The molecule has 0 radical (unpaired) electrons. The van der Waals surface area contributed by atoms with Gasteiger partial charge in [-0.25, -0.2) is 0 Å². The van der Waals surface area contributed by atoms with Crippen molar-refractivity contribution >= 4 is 0 Å². The maximum atomic E-state index is 3.74. The molecule has 2 saturated heterocycles. The van der Waals surface area contributed by atoms with Gasteiger partial charge in [-0.15, -0.1) is 0 Å². The van der Waals surface area contributed by atoms with Gasteiger partial charge in [0.2, 0.25) is 0 Å². The molecule has 0 saturated carbocycles. The number of nitrogens with zero attached hydrogens (tertiary/aromatic N) is 2. The molecule has 2 heterocycles. The summed E-state index contributed by atoms with van der Waals surface area (Å²) in [5.41, 5.74) is 0.368. The molecular weight excluding hydrogens is 210 g/mol. The number of piperidine rings is 1. The van der Waals surface area contributed by atoms with Gasteiger partial charge in [-0.05, 0) is 59.8 Å². The van der Waals surface area contributed by atoms with Gasteiger partial charge in [-0.3, -0.25) is 4.90 Å². The second-order valence-corrected chi connectivity index (χ2v) is 6.47. The van der Waals surface area contributed by atoms with Crippen molar-refractivity contribution in [2.45, 2.75) is 50.6 Å². The summed E-state index contributed by atoms with van der Waals surface area (Å²) >= 11 is 0. The van der Waals surface area contributed by atoms with Crippen LogP contribution in [0.25, 0.3) is 0 Å². The topological polar surface area (TPSA) is 18.5 Å². The Kier molecular flexibility index (Phi) is 4.45. The van der Waals surface area contributed by atoms with Crippen LogP contribution in [-0.4, -0.2) is 61.7 Å². The first-order chi connectivity index (χ1) is 8.09. The van der Waals surface area contributed by atoms with Crippen LogP contribution < -0.4 is 5.32 Å². The van der Waals surface area contributed by atoms with Crippen molar-refractivity contribution < 1.29 is 0 Å². The Morgan fingerprint density at radius 3 is 2.76 bits per heavy atom. The molecule has 0 aromatic rings. The van der Waals surface area contributed by atoms with E-state index in [1.807, 2.05) is 0 Å². The van der Waals surface area contributed by atoms with Gasteiger partial charge in [0.15, 0.2) is 0 Å². The Labute approximate surface area is 107 Å². The lowest BCUT2D eigenvalue weighted by atomic mass is 9.90. The monoisotopic (exact) mass is 239 g/mol. The maximum Gasteiger partial charge on any atom is 0.0280 e. The number of likely N-dealkylation sites (tertiary alicyclic amines) is 1. The molecule has 100 valence electrons. The van der Waals surface area contributed by atoms with E-state index in [0.29, 0.717) is 5.54 Å². The standard InChI is InChI=1S/C14H29N3/c1-14(8-4-5-9-15-14)12-17-10-6-7-13(17)11-16(2)3/h13,15H,4-12H2,1-3H3. The van der Waals surface area contributed by atoms with E-state index < -0.39 is 0 Å². The fraction of sp³-hybridized carbons (Fsp3) is 1.00. The van der Waals surface area contributed by atoms with Crippen LogP contribution in [0.15, 0.2) is 0 Å². The van der Waals surface area contributed by atoms with Gasteiger partial charge in [0.25, 0.3) is 0 Å². The molecule has 0 aromatic carbocycles. The van der Waals surface area contributed by atoms with Gasteiger partial charge in [-0.1, -0.05) is 6.42 Å². The molecule has 3 nitrogen and oxygen atoms in total. The smallest absolute Gasteiger partial charge is 0.0280 e. The van der Waals surface area contributed by atoms with Gasteiger partial charge in [-0.2, -0.15) is 0 Å². The predicted octanol–water partition coefficient (Wildman–Crippen LogP) is 1.54. The quantitative estimate of drug-likeness (QED) is 0.803. The molecule has 2 aliphatic heterocycles. The fourth-order valence-electron chi connectivity index (χ4n) is 3.43. The zero-order chi connectivity index (χ0) is 12.3. The molecule has 17 heavy (non-hydrogen) atoms. The SMILES string of the molecule is CN(C)CC1CCCN1CC1(C)CCCCN1. The number of nitrogens with one attached hydrogen (secondary N) is 1. The summed E-state index contributed by atoms with van der Waals surface area (Å²) in [6.45, 7) is 7.39. The van der Waals surface area contributed by atoms with Crippen LogP contribution in [0.5, 0.6) is 0 Å². The first kappa shape index (κ1) is 13.3. The minimum atomic E-state index is 0.368. The molecule has 0 bridgehead atoms. The largest absolute Gasteiger partial charge is 0.310 e. The molecule has 3 heteroatoms. The summed E-state index contributed by atoms with van der Waals surface area (Å²) in [5.74, 6) is 0. The highest BCUT2D eigenvalue weighted by atomic mass is 15.2. The van der Waals surface area contributed by atoms with E-state index >= 15 is 0 Å². The molecule has 0 aliphatic carbocycles. The van der Waals surface area contributed by atoms with Crippen LogP contribution >= 0.6 is 0 Å². The molecule has 2 atom stereocenters. The van der Waals surface area contributed by atoms with Gasteiger partial charge in [0.1, 0.15) is 0 Å². The fourth-order valence-corrected chi connectivity index (χ4v) is 3.43. The van der Waals surface area contributed by atoms with Crippen molar-refractivity contribution in [1.82, 2.24) is 15.1 Å². The van der Waals surface area contributed by atoms with Crippen molar-refractivity contribution in [3.8, 4) is 0 Å². The summed E-state index contributed by atoms with van der Waals surface area (Å²) < 4.78 is 0. The first-order valence-corrected chi connectivity index (χ1v) is 7.23. The molecule has 0 aromatic heterocycles. The normalized spacial score (nSPS) is 35.6. The van der Waals surface area contributed by atoms with Crippen molar-refractivity contribution in [2.24, 2.45) is 0 Å². The average Bonchev–Trinajstić information content (AvgIpc) is 2.65. The molecule has 2 unspecified atom stereocenters. The van der Waals surface area contributed by atoms with E-state index in [1.165, 1.54) is 58.3 Å². The van der Waals surface area contributed by atoms with E-state index in [2.05, 4.69) is 36.1 Å². The number of hydrogen-bond acceptors (Lipinski definition) is 3. The van der Waals surface area contributed by atoms with Gasteiger partial charge in [0.05, 0.1) is 0 Å². The molecule has 2 fully saturated rings. The minimum absolute atomic E-state index is 0.368. The van der Waals surface area contributed by atoms with E-state index in [9.17, 15) is 0 Å². The zero-order valence-corrected chi connectivity index (χ0v) is 11.8. The summed E-state index contributed by atoms with van der Waals surface area (Å²) in [6.07, 6.45) is 6.87. The highest BCUT2D eigenvalue weighted by Crippen LogP contribution is 2.25. The number of rotatable bonds is 4. The van der Waals surface area contributed by atoms with Crippen molar-refractivity contribution in [2.75, 3.05) is 40.3 Å². The Balaban J connectivity index is 1.88. The van der Waals surface area contributed by atoms with E-state index in [0.717, 1.165) is 6.04 Å². The molecule has 0 amide bonds. The highest BCUT2D eigenvalue weighted by molar-refractivity contribution is 4.93. The van der Waals surface area contributed by atoms with Crippen LogP contribution in [0, 0.1) is 0 Å². The van der Waals surface area contributed by atoms with E-state index in [1.54, 1.807) is 0 Å². The van der Waals surface area contributed by atoms with E-state index in [4.69, 9.17) is 0 Å². The summed E-state index contributed by atoms with van der Waals surface area (Å²) in [5, 5.41) is 3.74. The predicted molar refractivity (Wildman–Crippen MR) is 73.4 cm³/mol. The van der Waals surface area contributed by atoms with Crippen molar-refractivity contribution in [3.05, 3.63) is 0 Å². The average molecular weight is 239 g/mol. The maximum absolute atomic E-state index is 3.74. The second-order valence-electron chi connectivity index (χ2n) is 6.47. The highest BCUT2D eigenvalue weighted by Gasteiger charge is 2.33. The summed E-state index contributed by atoms with van der Waals surface area (Å²) in [7, 11) is 4.38. The lowest BCUT2D eigenvalue weighted by molar-refractivity contribution is 0.137. The molecule has 2 rings (SSSR count). The van der Waals surface area contributed by atoms with Gasteiger partial charge >= 0.3 is 0 Å². The van der Waals surface area contributed by atoms with Gasteiger partial charge < -0.3 is 10.2 Å². The van der Waals surface area contributed by atoms with E-state index in [-0.39, 0.29) is 0 Å². The molecule has 1 N–H and O–H groups in total. The molecular formula is C14H29N3. The Morgan fingerprint density at radius 1 is 1.29 bits per heavy atom. The van der Waals surface area contributed by atoms with Crippen molar-refractivity contribution in [1.29, 1.82) is 0 Å². The van der Waals surface area contributed by atoms with Gasteiger partial charge in [0, 0.05) is 24.7 Å². The number of likely N-dealkylation sites (N-methyl/N-ethyl adjacent to an activating group) is 1. The summed E-state index contributed by atoms with van der Waals surface area (Å²) in [6, 6.07) is 0.783. The van der Waals surface area contributed by atoms with Crippen LogP contribution in [0.3, 0.4) is 0 Å². The molecule has 2 aliphatic rings. The van der Waals surface area contributed by atoms with Crippen molar-refractivity contribution in [3.63, 3.8) is 0 Å². The molecule has 0 spiro atoms. The minimum Gasteiger partial charge on any atom is -0.310 e. The van der Waals surface area contributed by atoms with Crippen LogP contribution in [-0.2, 0) is 0 Å². The third-order valence-electron chi connectivity index (χ3n) is 4.33. The van der Waals surface area contributed by atoms with Crippen LogP contribution in [0.2, 0.25) is 0 Å². The Morgan fingerprint density at radius 2 is 2.12 bits per heavy atom. The van der Waals surface area contributed by atoms with Crippen LogP contribution in [0.1, 0.15) is 39.0 Å². The summed E-state index contributed by atoms with van der Waals surface area (Å²) in [4.78, 5) is 5.05. The van der Waals surface area contributed by atoms with Crippen LogP contribution in [0.4, 0.5) is 0 Å². The third-order valence-corrected chi connectivity index (χ3v) is 4.33. The lowest BCUT2D eigenvalue weighted by Crippen LogP contribution is -2.55. The first-order valence-electron chi connectivity index (χ1n) is 7.23. The Bertz CT molecular complexity index is 234. The number of hydrogen-bond donors (Lipinski definition) is 1. The Hall–Kier alpha value is -0.120. The third kappa shape index (κ3) is 3.67. The lowest BCUT2D eigenvalue weighted by Gasteiger charge is -2.40. The second kappa shape index (κ2) is 5.68. The zero-order valence-electron chi connectivity index (χ0n) is 11.8.